The van der Waals surface area contributed by atoms with Crippen LogP contribution in [-0.2, 0) is 14.4 Å². The number of rotatable bonds is 5. The lowest BCUT2D eigenvalue weighted by Gasteiger charge is -2.32. The fourth-order valence-corrected chi connectivity index (χ4v) is 3.21. The average Bonchev–Trinajstić information content (AvgIpc) is 3.25. The summed E-state index contributed by atoms with van der Waals surface area (Å²) < 4.78 is 0. The minimum absolute atomic E-state index is 0.138. The lowest BCUT2D eigenvalue weighted by molar-refractivity contribution is -0.156. The third-order valence-corrected chi connectivity index (χ3v) is 4.73. The molecule has 1 saturated carbocycles. The minimum Gasteiger partial charge on any atom is -0.333 e. The minimum atomic E-state index is -0.626. The monoisotopic (exact) mass is 323 g/mol. The second-order valence-electron chi connectivity index (χ2n) is 5.38. The number of carbonyl (C=O) groups is 3. The van der Waals surface area contributed by atoms with Crippen LogP contribution in [0, 0.1) is 0 Å². The number of nitrogens with one attached hydrogen (secondary N) is 1. The van der Waals surface area contributed by atoms with Crippen LogP contribution in [0.2, 0.25) is 0 Å². The van der Waals surface area contributed by atoms with Gasteiger partial charge in [-0.25, -0.2) is 0 Å². The van der Waals surface area contributed by atoms with Gasteiger partial charge in [-0.2, -0.15) is 0 Å². The summed E-state index contributed by atoms with van der Waals surface area (Å²) in [5.74, 6) is -1.04. The number of carbonyl (C=O) groups excluding carboxylic acids is 3. The Morgan fingerprint density at radius 3 is 2.59 bits per heavy atom. The van der Waals surface area contributed by atoms with Crippen LogP contribution < -0.4 is 5.32 Å². The lowest BCUT2D eigenvalue weighted by atomic mass is 10.3. The van der Waals surface area contributed by atoms with E-state index in [0.29, 0.717) is 30.7 Å². The summed E-state index contributed by atoms with van der Waals surface area (Å²) in [6.07, 6.45) is 2.25. The molecule has 0 radical (unpaired) electrons. The van der Waals surface area contributed by atoms with E-state index in [2.05, 4.69) is 15.5 Å². The maximum atomic E-state index is 12.0. The number of aromatic nitrogens is 2. The molecule has 3 amide bonds. The van der Waals surface area contributed by atoms with E-state index in [-0.39, 0.29) is 12.5 Å². The highest BCUT2D eigenvalue weighted by atomic mass is 32.1. The molecule has 1 N–H and O–H groups in total. The molecular formula is C13H17N5O3S. The summed E-state index contributed by atoms with van der Waals surface area (Å²) in [7, 11) is 0. The Bertz CT molecular complexity index is 613. The van der Waals surface area contributed by atoms with Crippen molar-refractivity contribution in [3.8, 4) is 0 Å². The molecule has 0 aromatic carbocycles. The molecule has 0 unspecified atom stereocenters. The van der Waals surface area contributed by atoms with Gasteiger partial charge in [-0.1, -0.05) is 11.3 Å². The number of piperazine rings is 1. The first-order chi connectivity index (χ1) is 10.6. The molecule has 0 spiro atoms. The SMILES string of the molecule is CCN1CCN(CC(=O)Nc2nnc(C3CC3)s2)C(=O)C1=O. The van der Waals surface area contributed by atoms with Gasteiger partial charge in [0.25, 0.3) is 0 Å². The summed E-state index contributed by atoms with van der Waals surface area (Å²) in [4.78, 5) is 38.4. The van der Waals surface area contributed by atoms with Crippen molar-refractivity contribution in [2.45, 2.75) is 25.7 Å². The van der Waals surface area contributed by atoms with E-state index in [1.807, 2.05) is 6.92 Å². The number of nitrogens with zero attached hydrogens (tertiary/aromatic N) is 4. The second kappa shape index (κ2) is 5.99. The Hall–Kier alpha value is -2.03. The smallest absolute Gasteiger partial charge is 0.312 e. The van der Waals surface area contributed by atoms with Crippen LogP contribution >= 0.6 is 11.3 Å². The molecule has 118 valence electrons. The van der Waals surface area contributed by atoms with Crippen LogP contribution in [0.3, 0.4) is 0 Å². The van der Waals surface area contributed by atoms with Crippen LogP contribution in [0.1, 0.15) is 30.7 Å². The number of hydrogen-bond acceptors (Lipinski definition) is 6. The molecule has 1 aliphatic carbocycles. The zero-order valence-electron chi connectivity index (χ0n) is 12.2. The molecule has 22 heavy (non-hydrogen) atoms. The number of anilines is 1. The largest absolute Gasteiger partial charge is 0.333 e. The van der Waals surface area contributed by atoms with Crippen LogP contribution in [-0.4, -0.2) is 63.9 Å². The van der Waals surface area contributed by atoms with E-state index in [1.54, 1.807) is 0 Å². The van der Waals surface area contributed by atoms with Gasteiger partial charge in [-0.05, 0) is 19.8 Å². The van der Waals surface area contributed by atoms with Crippen molar-refractivity contribution in [2.24, 2.45) is 0 Å². The van der Waals surface area contributed by atoms with E-state index >= 15 is 0 Å². The second-order valence-corrected chi connectivity index (χ2v) is 6.39. The Labute approximate surface area is 131 Å². The summed E-state index contributed by atoms with van der Waals surface area (Å²) in [5.41, 5.74) is 0. The number of hydrogen-bond donors (Lipinski definition) is 1. The molecule has 2 heterocycles. The Kier molecular flexibility index (Phi) is 4.06. The fourth-order valence-electron chi connectivity index (χ4n) is 2.28. The van der Waals surface area contributed by atoms with Gasteiger partial charge < -0.3 is 9.80 Å². The number of likely N-dealkylation sites (N-methyl/N-ethyl adjacent to an activating group) is 1. The van der Waals surface area contributed by atoms with Gasteiger partial charge in [0.15, 0.2) is 0 Å². The maximum absolute atomic E-state index is 12.0. The molecule has 8 nitrogen and oxygen atoms in total. The Morgan fingerprint density at radius 1 is 1.23 bits per heavy atom. The zero-order chi connectivity index (χ0) is 15.7. The highest BCUT2D eigenvalue weighted by Crippen LogP contribution is 2.41. The molecule has 9 heteroatoms. The molecule has 1 aromatic rings. The van der Waals surface area contributed by atoms with Crippen molar-refractivity contribution in [3.63, 3.8) is 0 Å². The van der Waals surface area contributed by atoms with Gasteiger partial charge in [0.05, 0.1) is 0 Å². The van der Waals surface area contributed by atoms with Gasteiger partial charge in [0.2, 0.25) is 11.0 Å². The van der Waals surface area contributed by atoms with E-state index in [4.69, 9.17) is 0 Å². The van der Waals surface area contributed by atoms with Crippen molar-refractivity contribution in [1.82, 2.24) is 20.0 Å². The first kappa shape index (κ1) is 14.9. The van der Waals surface area contributed by atoms with Crippen molar-refractivity contribution in [1.29, 1.82) is 0 Å². The molecule has 3 rings (SSSR count). The maximum Gasteiger partial charge on any atom is 0.312 e. The summed E-state index contributed by atoms with van der Waals surface area (Å²) >= 11 is 1.37. The van der Waals surface area contributed by atoms with Crippen molar-refractivity contribution >= 4 is 34.2 Å². The predicted octanol–water partition coefficient (Wildman–Crippen LogP) is 0.0447. The van der Waals surface area contributed by atoms with Gasteiger partial charge in [-0.3, -0.25) is 19.7 Å². The van der Waals surface area contributed by atoms with Gasteiger partial charge in [0.1, 0.15) is 11.6 Å². The number of amides is 3. The molecule has 1 aromatic heterocycles. The van der Waals surface area contributed by atoms with Gasteiger partial charge in [-0.15, -0.1) is 10.2 Å². The predicted molar refractivity (Wildman–Crippen MR) is 79.3 cm³/mol. The Balaban J connectivity index is 1.54. The molecule has 0 bridgehead atoms. The molecule has 1 aliphatic heterocycles. The molecule has 2 fully saturated rings. The molecule has 1 saturated heterocycles. The Morgan fingerprint density at radius 2 is 1.91 bits per heavy atom. The topological polar surface area (TPSA) is 95.5 Å². The molecular weight excluding hydrogens is 306 g/mol. The quantitative estimate of drug-likeness (QED) is 0.772. The van der Waals surface area contributed by atoms with Gasteiger partial charge >= 0.3 is 11.8 Å². The van der Waals surface area contributed by atoms with Crippen LogP contribution in [0.15, 0.2) is 0 Å². The van der Waals surface area contributed by atoms with Crippen LogP contribution in [0.4, 0.5) is 5.13 Å². The zero-order valence-corrected chi connectivity index (χ0v) is 13.1. The highest BCUT2D eigenvalue weighted by molar-refractivity contribution is 7.15. The third kappa shape index (κ3) is 3.08. The first-order valence-corrected chi connectivity index (χ1v) is 8.11. The summed E-state index contributed by atoms with van der Waals surface area (Å²) in [6.45, 7) is 3.01. The molecule has 0 atom stereocenters. The van der Waals surface area contributed by atoms with Crippen LogP contribution in [0.5, 0.6) is 0 Å². The molecule has 2 aliphatic rings. The van der Waals surface area contributed by atoms with E-state index < -0.39 is 11.8 Å². The summed E-state index contributed by atoms with van der Waals surface area (Å²) in [6, 6.07) is 0. The lowest BCUT2D eigenvalue weighted by Crippen LogP contribution is -2.55. The summed E-state index contributed by atoms with van der Waals surface area (Å²) in [5, 5.41) is 12.0. The van der Waals surface area contributed by atoms with Crippen molar-refractivity contribution in [2.75, 3.05) is 31.5 Å². The van der Waals surface area contributed by atoms with Gasteiger partial charge in [0, 0.05) is 25.6 Å². The van der Waals surface area contributed by atoms with Crippen molar-refractivity contribution in [3.05, 3.63) is 5.01 Å². The first-order valence-electron chi connectivity index (χ1n) is 7.30. The fraction of sp³-hybridized carbons (Fsp3) is 0.615. The van der Waals surface area contributed by atoms with Crippen molar-refractivity contribution < 1.29 is 14.4 Å². The average molecular weight is 323 g/mol. The van der Waals surface area contributed by atoms with E-state index in [1.165, 1.54) is 21.1 Å². The normalized spacial score (nSPS) is 18.8. The van der Waals surface area contributed by atoms with Crippen LogP contribution in [0.25, 0.3) is 0 Å². The highest BCUT2D eigenvalue weighted by Gasteiger charge is 2.33. The van der Waals surface area contributed by atoms with E-state index in [9.17, 15) is 14.4 Å². The third-order valence-electron chi connectivity index (χ3n) is 3.73. The standard InChI is InChI=1S/C13H17N5O3S/c1-2-17-5-6-18(12(21)11(17)20)7-9(19)14-13-16-15-10(22-13)8-3-4-8/h8H,2-7H2,1H3,(H,14,16,19). The van der Waals surface area contributed by atoms with E-state index in [0.717, 1.165) is 17.8 Å².